The van der Waals surface area contributed by atoms with E-state index in [0.29, 0.717) is 22.4 Å². The molecular weight excluding hydrogens is 332 g/mol. The van der Waals surface area contributed by atoms with E-state index in [4.69, 9.17) is 14.2 Å². The van der Waals surface area contributed by atoms with E-state index < -0.39 is 5.97 Å². The van der Waals surface area contributed by atoms with Crippen molar-refractivity contribution in [2.45, 2.75) is 13.8 Å². The van der Waals surface area contributed by atoms with Crippen molar-refractivity contribution in [1.82, 2.24) is 4.98 Å². The first-order chi connectivity index (χ1) is 12.6. The third-order valence-electron chi connectivity index (χ3n) is 3.39. The first-order valence-electron chi connectivity index (χ1n) is 7.90. The average Bonchev–Trinajstić information content (AvgIpc) is 2.67. The molecule has 0 saturated heterocycles. The molecule has 0 N–H and O–H groups in total. The van der Waals surface area contributed by atoms with Gasteiger partial charge in [-0.05, 0) is 32.0 Å². The third kappa shape index (κ3) is 4.38. The first kappa shape index (κ1) is 19.0. The number of hydrogen-bond acceptors (Lipinski definition) is 6. The van der Waals surface area contributed by atoms with Crippen LogP contribution >= 0.6 is 0 Å². The quantitative estimate of drug-likeness (QED) is 0.452. The number of methoxy groups -OCH3 is 1. The van der Waals surface area contributed by atoms with Crippen LogP contribution < -0.4 is 4.74 Å². The standard InChI is InChI=1S/C20H18N2O4/c1-4-6-14-7-8-15(9-16(14)11-21)18-10-17(20(23)25-5-2)19(12-22-18)26-13-24-3/h7-10,12H,5,13H2,1-3H3. The topological polar surface area (TPSA) is 81.4 Å². The monoisotopic (exact) mass is 350 g/mol. The van der Waals surface area contributed by atoms with Gasteiger partial charge in [0.05, 0.1) is 24.1 Å². The number of carbonyl (C=O) groups excluding carboxylic acids is 1. The number of ether oxygens (including phenoxy) is 3. The second-order valence-electron chi connectivity index (χ2n) is 5.08. The molecule has 0 atom stereocenters. The number of hydrogen-bond donors (Lipinski definition) is 0. The van der Waals surface area contributed by atoms with Gasteiger partial charge in [0.2, 0.25) is 0 Å². The minimum atomic E-state index is -0.517. The molecule has 0 fully saturated rings. The summed E-state index contributed by atoms with van der Waals surface area (Å²) in [4.78, 5) is 16.6. The first-order valence-corrected chi connectivity index (χ1v) is 7.90. The summed E-state index contributed by atoms with van der Waals surface area (Å²) in [6.45, 7) is 3.66. The maximum Gasteiger partial charge on any atom is 0.342 e. The highest BCUT2D eigenvalue weighted by Crippen LogP contribution is 2.26. The lowest BCUT2D eigenvalue weighted by Gasteiger charge is -2.11. The van der Waals surface area contributed by atoms with E-state index in [1.807, 2.05) is 0 Å². The van der Waals surface area contributed by atoms with Crippen LogP contribution in [0, 0.1) is 23.2 Å². The summed E-state index contributed by atoms with van der Waals surface area (Å²) < 4.78 is 15.3. The summed E-state index contributed by atoms with van der Waals surface area (Å²) in [5.41, 5.74) is 2.53. The summed E-state index contributed by atoms with van der Waals surface area (Å²) in [5, 5.41) is 9.32. The molecule has 132 valence electrons. The van der Waals surface area contributed by atoms with Gasteiger partial charge in [-0.1, -0.05) is 12.0 Å². The Labute approximate surface area is 152 Å². The van der Waals surface area contributed by atoms with Crippen LogP contribution in [0.25, 0.3) is 11.3 Å². The molecule has 0 amide bonds. The van der Waals surface area contributed by atoms with E-state index in [-0.39, 0.29) is 24.7 Å². The molecule has 0 unspecified atom stereocenters. The number of nitriles is 1. The van der Waals surface area contributed by atoms with Gasteiger partial charge in [0.1, 0.15) is 11.6 Å². The molecule has 0 saturated carbocycles. The minimum absolute atomic E-state index is 0.0175. The van der Waals surface area contributed by atoms with Crippen LogP contribution in [0.4, 0.5) is 0 Å². The molecule has 0 spiro atoms. The molecular formula is C20H18N2O4. The van der Waals surface area contributed by atoms with Gasteiger partial charge in [0.25, 0.3) is 0 Å². The van der Waals surface area contributed by atoms with Crippen LogP contribution in [0.15, 0.2) is 30.5 Å². The van der Waals surface area contributed by atoms with Crippen molar-refractivity contribution in [2.24, 2.45) is 0 Å². The summed E-state index contributed by atoms with van der Waals surface area (Å²) in [7, 11) is 1.48. The predicted octanol–water partition coefficient (Wildman–Crippen LogP) is 3.15. The van der Waals surface area contributed by atoms with Gasteiger partial charge in [0, 0.05) is 18.2 Å². The number of benzene rings is 1. The highest BCUT2D eigenvalue weighted by Gasteiger charge is 2.17. The van der Waals surface area contributed by atoms with Crippen LogP contribution in [-0.4, -0.2) is 31.5 Å². The number of pyridine rings is 1. The molecule has 0 aliphatic rings. The second-order valence-corrected chi connectivity index (χ2v) is 5.08. The largest absolute Gasteiger partial charge is 0.465 e. The zero-order valence-electron chi connectivity index (χ0n) is 14.8. The van der Waals surface area contributed by atoms with E-state index in [9.17, 15) is 10.1 Å². The van der Waals surface area contributed by atoms with Gasteiger partial charge in [-0.2, -0.15) is 5.26 Å². The molecule has 6 nitrogen and oxygen atoms in total. The van der Waals surface area contributed by atoms with Gasteiger partial charge < -0.3 is 14.2 Å². The summed E-state index contributed by atoms with van der Waals surface area (Å²) >= 11 is 0. The lowest BCUT2D eigenvalue weighted by atomic mass is 10.0. The summed E-state index contributed by atoms with van der Waals surface area (Å²) in [6, 6.07) is 8.94. The molecule has 0 aliphatic heterocycles. The van der Waals surface area contributed by atoms with E-state index in [2.05, 4.69) is 22.9 Å². The number of rotatable bonds is 6. The van der Waals surface area contributed by atoms with Crippen LogP contribution in [-0.2, 0) is 9.47 Å². The fraction of sp³-hybridized carbons (Fsp3) is 0.250. The van der Waals surface area contributed by atoms with E-state index in [0.717, 1.165) is 0 Å². The van der Waals surface area contributed by atoms with Crippen LogP contribution in [0.1, 0.15) is 35.3 Å². The highest BCUT2D eigenvalue weighted by atomic mass is 16.7. The normalized spacial score (nSPS) is 9.62. The molecule has 0 radical (unpaired) electrons. The van der Waals surface area contributed by atoms with Gasteiger partial charge in [-0.25, -0.2) is 4.79 Å². The number of nitrogens with zero attached hydrogens (tertiary/aromatic N) is 2. The Hall–Kier alpha value is -3.35. The maximum absolute atomic E-state index is 12.2. The molecule has 2 rings (SSSR count). The van der Waals surface area contributed by atoms with Crippen molar-refractivity contribution in [3.63, 3.8) is 0 Å². The van der Waals surface area contributed by atoms with Crippen molar-refractivity contribution in [2.75, 3.05) is 20.5 Å². The summed E-state index contributed by atoms with van der Waals surface area (Å²) in [5.74, 6) is 5.41. The smallest absolute Gasteiger partial charge is 0.342 e. The van der Waals surface area contributed by atoms with Crippen LogP contribution in [0.3, 0.4) is 0 Å². The van der Waals surface area contributed by atoms with Crippen LogP contribution in [0.5, 0.6) is 5.75 Å². The molecule has 1 aromatic carbocycles. The maximum atomic E-state index is 12.2. The Morgan fingerprint density at radius 3 is 2.73 bits per heavy atom. The lowest BCUT2D eigenvalue weighted by molar-refractivity contribution is 0.0436. The van der Waals surface area contributed by atoms with Crippen LogP contribution in [0.2, 0.25) is 0 Å². The number of aromatic nitrogens is 1. The number of esters is 1. The molecule has 6 heteroatoms. The fourth-order valence-corrected chi connectivity index (χ4v) is 2.25. The molecule has 0 aliphatic carbocycles. The number of carbonyl (C=O) groups is 1. The van der Waals surface area contributed by atoms with Gasteiger partial charge >= 0.3 is 5.97 Å². The molecule has 1 aromatic heterocycles. The Morgan fingerprint density at radius 1 is 1.27 bits per heavy atom. The van der Waals surface area contributed by atoms with Crippen molar-refractivity contribution in [3.8, 4) is 34.9 Å². The Morgan fingerprint density at radius 2 is 2.08 bits per heavy atom. The predicted molar refractivity (Wildman–Crippen MR) is 95.4 cm³/mol. The summed E-state index contributed by atoms with van der Waals surface area (Å²) in [6.07, 6.45) is 1.44. The van der Waals surface area contributed by atoms with Crippen molar-refractivity contribution in [3.05, 3.63) is 47.2 Å². The van der Waals surface area contributed by atoms with Crippen molar-refractivity contribution >= 4 is 5.97 Å². The second kappa shape index (κ2) is 9.22. The molecule has 2 aromatic rings. The Bertz CT molecular complexity index is 904. The van der Waals surface area contributed by atoms with Crippen molar-refractivity contribution < 1.29 is 19.0 Å². The zero-order chi connectivity index (χ0) is 18.9. The van der Waals surface area contributed by atoms with Gasteiger partial charge in [0.15, 0.2) is 12.5 Å². The van der Waals surface area contributed by atoms with Crippen molar-refractivity contribution in [1.29, 1.82) is 5.26 Å². The molecule has 26 heavy (non-hydrogen) atoms. The molecule has 1 heterocycles. The minimum Gasteiger partial charge on any atom is -0.465 e. The van der Waals surface area contributed by atoms with E-state index in [1.54, 1.807) is 38.1 Å². The fourth-order valence-electron chi connectivity index (χ4n) is 2.25. The molecule has 0 bridgehead atoms. The Balaban J connectivity index is 2.49. The van der Waals surface area contributed by atoms with E-state index >= 15 is 0 Å². The van der Waals surface area contributed by atoms with Gasteiger partial charge in [-0.3, -0.25) is 4.98 Å². The lowest BCUT2D eigenvalue weighted by Crippen LogP contribution is -2.10. The highest BCUT2D eigenvalue weighted by molar-refractivity contribution is 5.93. The zero-order valence-corrected chi connectivity index (χ0v) is 14.8. The average molecular weight is 350 g/mol. The van der Waals surface area contributed by atoms with Gasteiger partial charge in [-0.15, -0.1) is 5.92 Å². The third-order valence-corrected chi connectivity index (χ3v) is 3.39. The van der Waals surface area contributed by atoms with E-state index in [1.165, 1.54) is 13.3 Å². The Kier molecular flexibility index (Phi) is 6.73. The SMILES string of the molecule is CC#Cc1ccc(-c2cc(C(=O)OCC)c(OCOC)cn2)cc1C#N.